The Kier molecular flexibility index (Phi) is 5.43. The molecule has 1 fully saturated rings. The quantitative estimate of drug-likeness (QED) is 0.662. The maximum Gasteiger partial charge on any atom is 0.114 e. The Bertz CT molecular complexity index is 545. The summed E-state index contributed by atoms with van der Waals surface area (Å²) < 4.78 is 0.0793. The number of benzene rings is 2. The summed E-state index contributed by atoms with van der Waals surface area (Å²) in [6.07, 6.45) is 4.53. The van der Waals surface area contributed by atoms with E-state index in [4.69, 9.17) is 0 Å². The molecule has 0 aliphatic carbocycles. The van der Waals surface area contributed by atoms with Crippen molar-refractivity contribution < 1.29 is 0 Å². The number of hydrogen-bond donors (Lipinski definition) is 0. The largest absolute Gasteiger partial charge is 0.140 e. The smallest absolute Gasteiger partial charge is 0.114 e. The van der Waals surface area contributed by atoms with Crippen molar-refractivity contribution in [3.63, 3.8) is 0 Å². The summed E-state index contributed by atoms with van der Waals surface area (Å²) in [4.78, 5) is 0. The molecule has 0 amide bonds. The number of rotatable bonds is 4. The van der Waals surface area contributed by atoms with Crippen LogP contribution in [-0.2, 0) is 8.16 Å². The fraction of sp³-hybridized carbons (Fsp3) is 0.333. The van der Waals surface area contributed by atoms with Crippen molar-refractivity contribution in [1.29, 1.82) is 0 Å². The fourth-order valence-electron chi connectivity index (χ4n) is 3.04. The Morgan fingerprint density at radius 1 is 0.682 bits per heavy atom. The van der Waals surface area contributed by atoms with E-state index in [9.17, 15) is 0 Å². The molecule has 0 N–H and O–H groups in total. The molecule has 1 saturated heterocycles. The van der Waals surface area contributed by atoms with Gasteiger partial charge in [0, 0.05) is 11.5 Å². The second-order valence-electron chi connectivity index (χ2n) is 5.07. The van der Waals surface area contributed by atoms with Gasteiger partial charge in [-0.3, -0.25) is 0 Å². The molecule has 2 aromatic carbocycles. The van der Waals surface area contributed by atoms with Crippen LogP contribution in [0, 0.1) is 0 Å². The van der Waals surface area contributed by atoms with Crippen LogP contribution in [0.2, 0.25) is 0 Å². The van der Waals surface area contributed by atoms with Gasteiger partial charge in [-0.2, -0.15) is 0 Å². The Morgan fingerprint density at radius 3 is 1.36 bits per heavy atom. The van der Waals surface area contributed by atoms with E-state index in [1.807, 2.05) is 23.5 Å². The number of thioether (sulfide) groups is 4. The van der Waals surface area contributed by atoms with Crippen molar-refractivity contribution in [2.24, 2.45) is 0 Å². The van der Waals surface area contributed by atoms with Crippen molar-refractivity contribution in [3.05, 3.63) is 71.8 Å². The van der Waals surface area contributed by atoms with Gasteiger partial charge in [-0.05, 0) is 23.6 Å². The van der Waals surface area contributed by atoms with Gasteiger partial charge in [0.25, 0.3) is 0 Å². The van der Waals surface area contributed by atoms with Gasteiger partial charge in [0.1, 0.15) is 8.16 Å². The molecule has 0 spiro atoms. The van der Waals surface area contributed by atoms with Crippen LogP contribution in [0.4, 0.5) is 0 Å². The normalized spacial score (nSPS) is 28.5. The average molecular weight is 365 g/mol. The highest BCUT2D eigenvalue weighted by Gasteiger charge is 2.56. The van der Waals surface area contributed by atoms with E-state index in [2.05, 4.69) is 96.7 Å². The summed E-state index contributed by atoms with van der Waals surface area (Å²) in [7, 11) is 0. The molecule has 2 atom stereocenters. The molecule has 0 nitrogen and oxygen atoms in total. The van der Waals surface area contributed by atoms with Crippen LogP contribution in [-0.4, -0.2) is 24.0 Å². The van der Waals surface area contributed by atoms with Gasteiger partial charge in [-0.15, -0.1) is 47.0 Å². The van der Waals surface area contributed by atoms with Crippen LogP contribution in [0.25, 0.3) is 0 Å². The first-order valence-corrected chi connectivity index (χ1v) is 11.7. The molecule has 22 heavy (non-hydrogen) atoms. The topological polar surface area (TPSA) is 0 Å². The van der Waals surface area contributed by atoms with Gasteiger partial charge in [0.15, 0.2) is 0 Å². The number of hydrogen-bond acceptors (Lipinski definition) is 4. The summed E-state index contributed by atoms with van der Waals surface area (Å²) in [5.41, 5.74) is 2.86. The van der Waals surface area contributed by atoms with Gasteiger partial charge >= 0.3 is 0 Å². The van der Waals surface area contributed by atoms with Gasteiger partial charge in [0.05, 0.1) is 0 Å². The van der Waals surface area contributed by atoms with Crippen LogP contribution >= 0.6 is 47.0 Å². The molecule has 4 heteroatoms. The van der Waals surface area contributed by atoms with E-state index in [1.54, 1.807) is 0 Å². The van der Waals surface area contributed by atoms with E-state index < -0.39 is 0 Å². The van der Waals surface area contributed by atoms with Gasteiger partial charge in [0.2, 0.25) is 0 Å². The van der Waals surface area contributed by atoms with Crippen molar-refractivity contribution in [2.45, 2.75) is 8.16 Å². The minimum absolute atomic E-state index is 0.0396. The Balaban J connectivity index is 2.21. The average Bonchev–Trinajstić information content (AvgIpc) is 2.63. The van der Waals surface area contributed by atoms with Crippen LogP contribution < -0.4 is 0 Å². The summed E-state index contributed by atoms with van der Waals surface area (Å²) in [6.45, 7) is 0. The van der Waals surface area contributed by atoms with Crippen molar-refractivity contribution in [1.82, 2.24) is 0 Å². The highest BCUT2D eigenvalue weighted by molar-refractivity contribution is 8.25. The first-order chi connectivity index (χ1) is 10.8. The lowest BCUT2D eigenvalue weighted by molar-refractivity contribution is 0.778. The third-order valence-corrected chi connectivity index (χ3v) is 11.4. The second-order valence-corrected chi connectivity index (χ2v) is 10.2. The minimum atomic E-state index is 0.0396. The van der Waals surface area contributed by atoms with E-state index in [0.29, 0.717) is 0 Å². The Morgan fingerprint density at radius 2 is 1.05 bits per heavy atom. The summed E-state index contributed by atoms with van der Waals surface area (Å²) in [6, 6.07) is 22.1. The van der Waals surface area contributed by atoms with Crippen molar-refractivity contribution in [2.75, 3.05) is 24.0 Å². The zero-order valence-electron chi connectivity index (χ0n) is 12.8. The maximum atomic E-state index is 2.29. The van der Waals surface area contributed by atoms with E-state index in [1.165, 1.54) is 22.6 Å². The highest BCUT2D eigenvalue weighted by Crippen LogP contribution is 2.69. The lowest BCUT2D eigenvalue weighted by Gasteiger charge is -2.51. The SMILES string of the molecule is CS[C@]1(c2ccccc2)SCCS[C@]1(SC)c1ccccc1. The Labute approximate surface area is 150 Å². The summed E-state index contributed by atoms with van der Waals surface area (Å²) >= 11 is 8.21. The van der Waals surface area contributed by atoms with E-state index in [-0.39, 0.29) is 8.16 Å². The first kappa shape index (κ1) is 16.7. The predicted octanol–water partition coefficient (Wildman–Crippen LogP) is 5.90. The third-order valence-electron chi connectivity index (χ3n) is 4.01. The maximum absolute atomic E-state index is 2.29. The standard InChI is InChI=1S/C18H20S4/c1-19-17(15-9-5-3-6-10-15)18(20-2,22-14-13-21-17)16-11-7-4-8-12-16/h3-12H,13-14H2,1-2H3/t17-,18-/m1/s1. The minimum Gasteiger partial charge on any atom is -0.140 e. The molecule has 1 aliphatic heterocycles. The molecular formula is C18H20S4. The van der Waals surface area contributed by atoms with Crippen LogP contribution in [0.5, 0.6) is 0 Å². The monoisotopic (exact) mass is 364 g/mol. The molecule has 3 rings (SSSR count). The third kappa shape index (κ3) is 2.62. The molecule has 0 saturated carbocycles. The summed E-state index contributed by atoms with van der Waals surface area (Å²) in [5, 5.41) is 0. The van der Waals surface area contributed by atoms with Gasteiger partial charge in [-0.1, -0.05) is 60.7 Å². The Hall–Kier alpha value is -0.160. The highest BCUT2D eigenvalue weighted by atomic mass is 32.2. The molecule has 1 aliphatic rings. The van der Waals surface area contributed by atoms with Crippen LogP contribution in [0.3, 0.4) is 0 Å². The molecule has 2 aromatic rings. The molecule has 0 bridgehead atoms. The van der Waals surface area contributed by atoms with E-state index in [0.717, 1.165) is 0 Å². The summed E-state index contributed by atoms with van der Waals surface area (Å²) in [5.74, 6) is 2.41. The fourth-order valence-corrected chi connectivity index (χ4v) is 10.2. The molecule has 116 valence electrons. The van der Waals surface area contributed by atoms with Crippen molar-refractivity contribution in [3.8, 4) is 0 Å². The second kappa shape index (κ2) is 7.16. The molecule has 0 aromatic heterocycles. The molecule has 1 heterocycles. The molecule has 0 unspecified atom stereocenters. The van der Waals surface area contributed by atoms with Gasteiger partial charge < -0.3 is 0 Å². The predicted molar refractivity (Wildman–Crippen MR) is 108 cm³/mol. The zero-order chi connectivity index (χ0) is 15.5. The zero-order valence-corrected chi connectivity index (χ0v) is 16.1. The molecule has 0 radical (unpaired) electrons. The van der Waals surface area contributed by atoms with Crippen LogP contribution in [0.15, 0.2) is 60.7 Å². The van der Waals surface area contributed by atoms with Crippen LogP contribution in [0.1, 0.15) is 11.1 Å². The van der Waals surface area contributed by atoms with Gasteiger partial charge in [-0.25, -0.2) is 0 Å². The molecular weight excluding hydrogens is 344 g/mol. The first-order valence-electron chi connectivity index (χ1n) is 7.28. The van der Waals surface area contributed by atoms with E-state index >= 15 is 0 Å². The van der Waals surface area contributed by atoms with Crippen molar-refractivity contribution >= 4 is 47.0 Å². The lowest BCUT2D eigenvalue weighted by Crippen LogP contribution is -2.43. The lowest BCUT2D eigenvalue weighted by atomic mass is 10.0.